The van der Waals surface area contributed by atoms with Gasteiger partial charge in [-0.3, -0.25) is 9.59 Å². The lowest BCUT2D eigenvalue weighted by molar-refractivity contribution is -0.139. The molecule has 3 aromatic rings. The molecule has 0 saturated carbocycles. The molecule has 1 heterocycles. The Labute approximate surface area is 204 Å². The highest BCUT2D eigenvalue weighted by molar-refractivity contribution is 5.97. The first kappa shape index (κ1) is 25.6. The number of aliphatic carboxylic acids is 1. The van der Waals surface area contributed by atoms with Gasteiger partial charge in [0, 0.05) is 11.6 Å². The Morgan fingerprint density at radius 1 is 1.03 bits per heavy atom. The average Bonchev–Trinajstić information content (AvgIpc) is 3.26. The van der Waals surface area contributed by atoms with E-state index < -0.39 is 29.4 Å². The monoisotopic (exact) mass is 478 g/mol. The highest BCUT2D eigenvalue weighted by atomic mass is 16.5. The summed E-state index contributed by atoms with van der Waals surface area (Å²) in [4.78, 5) is 41.6. The summed E-state index contributed by atoms with van der Waals surface area (Å²) in [5, 5.41) is 15.1. The number of rotatable bonds is 10. The zero-order valence-electron chi connectivity index (χ0n) is 20.0. The van der Waals surface area contributed by atoms with Crippen molar-refractivity contribution in [1.29, 1.82) is 0 Å². The third-order valence-electron chi connectivity index (χ3n) is 5.20. The lowest BCUT2D eigenvalue weighted by Gasteiger charge is -2.23. The number of carboxylic acids is 1. The van der Waals surface area contributed by atoms with Crippen molar-refractivity contribution >= 4 is 23.6 Å². The lowest BCUT2D eigenvalue weighted by Crippen LogP contribution is -2.50. The molecule has 0 bridgehead atoms. The van der Waals surface area contributed by atoms with Crippen LogP contribution in [0.15, 0.2) is 73.2 Å². The van der Waals surface area contributed by atoms with Gasteiger partial charge in [-0.25, -0.2) is 9.78 Å². The van der Waals surface area contributed by atoms with Crippen molar-refractivity contribution in [2.45, 2.75) is 39.5 Å². The number of anilines is 1. The van der Waals surface area contributed by atoms with E-state index in [-0.39, 0.29) is 24.9 Å². The van der Waals surface area contributed by atoms with Gasteiger partial charge in [-0.2, -0.15) is 0 Å². The molecule has 0 aliphatic heterocycles. The van der Waals surface area contributed by atoms with Gasteiger partial charge in [0.05, 0.1) is 19.5 Å². The van der Waals surface area contributed by atoms with E-state index in [2.05, 4.69) is 15.6 Å². The quantitative estimate of drug-likeness (QED) is 0.411. The molecule has 2 atom stereocenters. The van der Waals surface area contributed by atoms with Gasteiger partial charge in [-0.15, -0.1) is 0 Å². The fourth-order valence-corrected chi connectivity index (χ4v) is 3.26. The normalized spacial score (nSPS) is 13.0. The predicted molar refractivity (Wildman–Crippen MR) is 131 cm³/mol. The summed E-state index contributed by atoms with van der Waals surface area (Å²) in [7, 11) is 0. The molecule has 0 radical (unpaired) electrons. The second kappa shape index (κ2) is 11.4. The maximum atomic E-state index is 13.0. The molecule has 0 fully saturated rings. The molecule has 184 valence electrons. The van der Waals surface area contributed by atoms with Crippen molar-refractivity contribution in [3.63, 3.8) is 0 Å². The maximum Gasteiger partial charge on any atom is 0.331 e. The van der Waals surface area contributed by atoms with Crippen LogP contribution < -0.4 is 10.6 Å². The number of carbonyl (C=O) groups is 3. The van der Waals surface area contributed by atoms with Crippen LogP contribution in [0.4, 0.5) is 5.82 Å². The minimum atomic E-state index is -1.06. The van der Waals surface area contributed by atoms with E-state index in [9.17, 15) is 19.5 Å². The van der Waals surface area contributed by atoms with Crippen molar-refractivity contribution < 1.29 is 24.2 Å². The minimum Gasteiger partial charge on any atom is -0.479 e. The van der Waals surface area contributed by atoms with E-state index in [4.69, 9.17) is 4.74 Å². The number of hydrogen-bond acceptors (Lipinski definition) is 5. The van der Waals surface area contributed by atoms with Crippen LogP contribution in [0.25, 0.3) is 0 Å². The molecule has 0 aliphatic rings. The Hall–Kier alpha value is -3.98. The Bertz CT molecular complexity index is 1140. The number of hydrogen-bond donors (Lipinski definition) is 3. The summed E-state index contributed by atoms with van der Waals surface area (Å²) in [5.41, 5.74) is 0.803. The number of carbonyl (C=O) groups excluding carboxylic acids is 2. The Morgan fingerprint density at radius 3 is 2.26 bits per heavy atom. The van der Waals surface area contributed by atoms with Crippen molar-refractivity contribution in [3.05, 3.63) is 84.3 Å². The van der Waals surface area contributed by atoms with E-state index in [1.54, 1.807) is 51.1 Å². The Kier molecular flexibility index (Phi) is 8.38. The highest BCUT2D eigenvalue weighted by Crippen LogP contribution is 2.20. The van der Waals surface area contributed by atoms with E-state index >= 15 is 0 Å². The van der Waals surface area contributed by atoms with Crippen LogP contribution in [-0.4, -0.2) is 45.1 Å². The van der Waals surface area contributed by atoms with Gasteiger partial charge >= 0.3 is 5.97 Å². The number of amides is 2. The van der Waals surface area contributed by atoms with Gasteiger partial charge < -0.3 is 25.0 Å². The number of nitrogens with zero attached hydrogens (tertiary/aromatic N) is 2. The second-order valence-corrected chi connectivity index (χ2v) is 9.12. The summed E-state index contributed by atoms with van der Waals surface area (Å²) < 4.78 is 7.11. The lowest BCUT2D eigenvalue weighted by atomic mass is 9.95. The van der Waals surface area contributed by atoms with Crippen molar-refractivity contribution in [2.75, 3.05) is 11.9 Å². The van der Waals surface area contributed by atoms with E-state index in [0.717, 1.165) is 5.56 Å². The van der Waals surface area contributed by atoms with Gasteiger partial charge in [0.2, 0.25) is 5.91 Å². The van der Waals surface area contributed by atoms with Crippen molar-refractivity contribution in [3.8, 4) is 0 Å². The zero-order chi connectivity index (χ0) is 25.4. The molecule has 0 aliphatic carbocycles. The molecule has 0 spiro atoms. The van der Waals surface area contributed by atoms with Crippen molar-refractivity contribution in [1.82, 2.24) is 14.9 Å². The first-order chi connectivity index (χ1) is 16.6. The summed E-state index contributed by atoms with van der Waals surface area (Å²) >= 11 is 0. The molecule has 3 N–H and O–H groups in total. The average molecular weight is 479 g/mol. The number of benzene rings is 2. The fraction of sp³-hybridized carbons (Fsp3) is 0.308. The molecule has 1 aromatic heterocycles. The first-order valence-corrected chi connectivity index (χ1v) is 11.2. The molecular weight excluding hydrogens is 448 g/mol. The van der Waals surface area contributed by atoms with E-state index in [0.29, 0.717) is 5.56 Å². The van der Waals surface area contributed by atoms with Crippen LogP contribution in [0, 0.1) is 5.41 Å². The molecular formula is C26H30N4O5. The third-order valence-corrected chi connectivity index (χ3v) is 5.20. The van der Waals surface area contributed by atoms with Crippen LogP contribution in [0.1, 0.15) is 37.9 Å². The molecule has 3 rings (SSSR count). The SMILES string of the molecule is CC(C)(C)C(=O)N[C@H](COCc1ccccc1)C(=O)Nc1cn(C(C(=O)O)c2ccccc2)cn1. The number of ether oxygens (including phenoxy) is 1. The molecule has 35 heavy (non-hydrogen) atoms. The third kappa shape index (κ3) is 7.25. The predicted octanol–water partition coefficient (Wildman–Crippen LogP) is 3.24. The number of nitrogens with one attached hydrogen (secondary N) is 2. The molecule has 9 nitrogen and oxygen atoms in total. The van der Waals surface area contributed by atoms with Gasteiger partial charge in [0.15, 0.2) is 11.9 Å². The Balaban J connectivity index is 1.71. The molecule has 2 aromatic carbocycles. The van der Waals surface area contributed by atoms with Crippen LogP contribution in [0.2, 0.25) is 0 Å². The van der Waals surface area contributed by atoms with Crippen LogP contribution in [0.5, 0.6) is 0 Å². The number of imidazole rings is 1. The smallest absolute Gasteiger partial charge is 0.331 e. The summed E-state index contributed by atoms with van der Waals surface area (Å²) in [6.07, 6.45) is 2.78. The molecule has 1 unspecified atom stereocenters. The fourth-order valence-electron chi connectivity index (χ4n) is 3.26. The van der Waals surface area contributed by atoms with Gasteiger partial charge in [0.25, 0.3) is 5.91 Å². The van der Waals surface area contributed by atoms with Crippen LogP contribution in [0.3, 0.4) is 0 Å². The maximum absolute atomic E-state index is 13.0. The van der Waals surface area contributed by atoms with Gasteiger partial charge in [-0.05, 0) is 11.1 Å². The first-order valence-electron chi connectivity index (χ1n) is 11.2. The van der Waals surface area contributed by atoms with Crippen LogP contribution in [-0.2, 0) is 25.7 Å². The molecule has 2 amide bonds. The van der Waals surface area contributed by atoms with Crippen molar-refractivity contribution in [2.24, 2.45) is 5.41 Å². The standard InChI is InChI=1S/C26H30N4O5/c1-26(2,3)25(34)28-20(16-35-15-18-10-6-4-7-11-18)23(31)29-21-14-30(17-27-21)22(24(32)33)19-12-8-5-9-13-19/h4-14,17,20,22H,15-16H2,1-3H3,(H,28,34)(H,29,31)(H,32,33)/t20-,22?/m1/s1. The van der Waals surface area contributed by atoms with Gasteiger partial charge in [0.1, 0.15) is 6.04 Å². The summed E-state index contributed by atoms with van der Waals surface area (Å²) in [6.45, 7) is 5.48. The number of aromatic nitrogens is 2. The molecule has 0 saturated heterocycles. The zero-order valence-corrected chi connectivity index (χ0v) is 20.0. The van der Waals surface area contributed by atoms with E-state index in [1.165, 1.54) is 17.1 Å². The van der Waals surface area contributed by atoms with Crippen LogP contribution >= 0.6 is 0 Å². The summed E-state index contributed by atoms with van der Waals surface area (Å²) in [5.74, 6) is -1.72. The summed E-state index contributed by atoms with van der Waals surface area (Å²) in [6, 6.07) is 16.2. The number of carboxylic acid groups (broad SMARTS) is 1. The largest absolute Gasteiger partial charge is 0.479 e. The van der Waals surface area contributed by atoms with E-state index in [1.807, 2.05) is 30.3 Å². The Morgan fingerprint density at radius 2 is 1.66 bits per heavy atom. The second-order valence-electron chi connectivity index (χ2n) is 9.12. The topological polar surface area (TPSA) is 123 Å². The van der Waals surface area contributed by atoms with Gasteiger partial charge in [-0.1, -0.05) is 81.4 Å². The highest BCUT2D eigenvalue weighted by Gasteiger charge is 2.29. The molecule has 9 heteroatoms. The minimum absolute atomic E-state index is 0.0506.